The van der Waals surface area contributed by atoms with Crippen molar-refractivity contribution in [2.24, 2.45) is 0 Å². The van der Waals surface area contributed by atoms with Crippen LogP contribution in [-0.4, -0.2) is 25.4 Å². The molecular formula is C16H22O3. The molecule has 3 heteroatoms. The molecule has 0 saturated heterocycles. The van der Waals surface area contributed by atoms with Gasteiger partial charge in [-0.15, -0.1) is 0 Å². The van der Waals surface area contributed by atoms with Crippen LogP contribution < -0.4 is 9.47 Å². The van der Waals surface area contributed by atoms with Crippen LogP contribution in [0.2, 0.25) is 0 Å². The Labute approximate surface area is 115 Å². The second kappa shape index (κ2) is 8.38. The molecule has 3 nitrogen and oxygen atoms in total. The van der Waals surface area contributed by atoms with Gasteiger partial charge in [0.05, 0.1) is 13.7 Å². The lowest BCUT2D eigenvalue weighted by molar-refractivity contribution is 0.342. The third kappa shape index (κ3) is 5.18. The highest BCUT2D eigenvalue weighted by Gasteiger charge is 2.05. The van der Waals surface area contributed by atoms with Crippen LogP contribution in [0.15, 0.2) is 36.4 Å². The first-order valence-corrected chi connectivity index (χ1v) is 6.38. The second-order valence-corrected chi connectivity index (χ2v) is 4.26. The molecule has 19 heavy (non-hydrogen) atoms. The Hall–Kier alpha value is -1.74. The maximum absolute atomic E-state index is 8.58. The van der Waals surface area contributed by atoms with Gasteiger partial charge in [0.1, 0.15) is 18.1 Å². The molecule has 0 aliphatic heterocycles. The van der Waals surface area contributed by atoms with E-state index in [9.17, 15) is 0 Å². The molecule has 0 unspecified atom stereocenters. The smallest absolute Gasteiger partial charge is 0.125 e. The van der Waals surface area contributed by atoms with E-state index in [1.807, 2.05) is 44.2 Å². The van der Waals surface area contributed by atoms with Crippen LogP contribution in [0, 0.1) is 13.8 Å². The Bertz CT molecular complexity index is 424. The fraction of sp³-hybridized carbons (Fsp3) is 0.375. The molecule has 0 spiro atoms. The Morgan fingerprint density at radius 3 is 2.26 bits per heavy atom. The molecule has 0 atom stereocenters. The summed E-state index contributed by atoms with van der Waals surface area (Å²) in [6.07, 6.45) is 8.44. The number of aliphatic hydroxyl groups excluding tert-OH is 1. The summed E-state index contributed by atoms with van der Waals surface area (Å²) < 4.78 is 11.0. The Morgan fingerprint density at radius 2 is 1.68 bits per heavy atom. The summed E-state index contributed by atoms with van der Waals surface area (Å²) >= 11 is 0. The van der Waals surface area contributed by atoms with Gasteiger partial charge in [-0.1, -0.05) is 24.3 Å². The average molecular weight is 262 g/mol. The van der Waals surface area contributed by atoms with Crippen LogP contribution in [0.5, 0.6) is 11.5 Å². The number of hydrogen-bond acceptors (Lipinski definition) is 3. The molecule has 1 aromatic rings. The molecule has 0 aromatic heterocycles. The number of ether oxygens (including phenoxy) is 2. The molecule has 0 fully saturated rings. The monoisotopic (exact) mass is 262 g/mol. The summed E-state index contributed by atoms with van der Waals surface area (Å²) in [5, 5.41) is 8.58. The van der Waals surface area contributed by atoms with Crippen molar-refractivity contribution in [1.82, 2.24) is 0 Å². The van der Waals surface area contributed by atoms with Crippen LogP contribution in [0.1, 0.15) is 17.5 Å². The van der Waals surface area contributed by atoms with E-state index in [1.165, 1.54) is 0 Å². The number of aliphatic hydroxyl groups is 1. The highest BCUT2D eigenvalue weighted by Crippen LogP contribution is 2.28. The molecule has 0 aliphatic rings. The molecule has 0 amide bonds. The summed E-state index contributed by atoms with van der Waals surface area (Å²) in [5.41, 5.74) is 2.15. The van der Waals surface area contributed by atoms with E-state index in [0.29, 0.717) is 6.61 Å². The summed E-state index contributed by atoms with van der Waals surface area (Å²) in [6.45, 7) is 4.66. The molecule has 1 rings (SSSR count). The van der Waals surface area contributed by atoms with E-state index in [4.69, 9.17) is 14.6 Å². The van der Waals surface area contributed by atoms with Gasteiger partial charge < -0.3 is 14.6 Å². The number of rotatable bonds is 7. The zero-order valence-electron chi connectivity index (χ0n) is 11.8. The molecule has 1 aromatic carbocycles. The minimum absolute atomic E-state index is 0.0918. The van der Waals surface area contributed by atoms with Crippen molar-refractivity contribution in [3.05, 3.63) is 47.6 Å². The van der Waals surface area contributed by atoms with E-state index < -0.39 is 0 Å². The van der Waals surface area contributed by atoms with E-state index >= 15 is 0 Å². The lowest BCUT2D eigenvalue weighted by Gasteiger charge is -2.12. The summed E-state index contributed by atoms with van der Waals surface area (Å²) in [4.78, 5) is 0. The van der Waals surface area contributed by atoms with Gasteiger partial charge in [-0.25, -0.2) is 0 Å². The highest BCUT2D eigenvalue weighted by atomic mass is 16.5. The number of aryl methyl sites for hydroxylation is 2. The normalized spacial score (nSPS) is 11.4. The predicted molar refractivity (Wildman–Crippen MR) is 77.9 cm³/mol. The largest absolute Gasteiger partial charge is 0.497 e. The van der Waals surface area contributed by atoms with Gasteiger partial charge in [0.25, 0.3) is 0 Å². The molecule has 0 radical (unpaired) electrons. The third-order valence-corrected chi connectivity index (χ3v) is 2.70. The van der Waals surface area contributed by atoms with E-state index in [1.54, 1.807) is 13.2 Å². The van der Waals surface area contributed by atoms with Crippen LogP contribution in [0.4, 0.5) is 0 Å². The van der Waals surface area contributed by atoms with Gasteiger partial charge >= 0.3 is 0 Å². The average Bonchev–Trinajstić information content (AvgIpc) is 2.40. The lowest BCUT2D eigenvalue weighted by Crippen LogP contribution is -1.98. The van der Waals surface area contributed by atoms with Crippen LogP contribution in [0.25, 0.3) is 0 Å². The SMILES string of the molecule is COc1cc(C)c(OCC=CCC=CCO)c(C)c1. The first-order valence-electron chi connectivity index (χ1n) is 6.38. The van der Waals surface area contributed by atoms with Gasteiger partial charge in [0.2, 0.25) is 0 Å². The zero-order chi connectivity index (χ0) is 14.1. The summed E-state index contributed by atoms with van der Waals surface area (Å²) in [7, 11) is 1.66. The summed E-state index contributed by atoms with van der Waals surface area (Å²) in [6, 6.07) is 3.94. The minimum atomic E-state index is 0.0918. The van der Waals surface area contributed by atoms with Crippen molar-refractivity contribution in [2.75, 3.05) is 20.3 Å². The highest BCUT2D eigenvalue weighted by molar-refractivity contribution is 5.45. The van der Waals surface area contributed by atoms with Crippen molar-refractivity contribution < 1.29 is 14.6 Å². The first-order chi connectivity index (χ1) is 9.19. The fourth-order valence-corrected chi connectivity index (χ4v) is 1.80. The molecule has 0 heterocycles. The fourth-order valence-electron chi connectivity index (χ4n) is 1.80. The maximum Gasteiger partial charge on any atom is 0.125 e. The lowest BCUT2D eigenvalue weighted by atomic mass is 10.1. The predicted octanol–water partition coefficient (Wildman–Crippen LogP) is 3.19. The molecule has 0 bridgehead atoms. The number of methoxy groups -OCH3 is 1. The number of hydrogen-bond donors (Lipinski definition) is 1. The quantitative estimate of drug-likeness (QED) is 0.767. The first kappa shape index (κ1) is 15.3. The van der Waals surface area contributed by atoms with Gasteiger partial charge in [-0.05, 0) is 43.5 Å². The Morgan fingerprint density at radius 1 is 1.05 bits per heavy atom. The number of allylic oxidation sites excluding steroid dienone is 2. The summed E-state index contributed by atoms with van der Waals surface area (Å²) in [5.74, 6) is 1.77. The van der Waals surface area contributed by atoms with Crippen molar-refractivity contribution in [3.8, 4) is 11.5 Å². The Kier molecular flexibility index (Phi) is 6.75. The van der Waals surface area contributed by atoms with Crippen LogP contribution in [0.3, 0.4) is 0 Å². The molecule has 1 N–H and O–H groups in total. The molecule has 104 valence electrons. The van der Waals surface area contributed by atoms with Crippen LogP contribution >= 0.6 is 0 Å². The topological polar surface area (TPSA) is 38.7 Å². The van der Waals surface area contributed by atoms with Crippen molar-refractivity contribution in [1.29, 1.82) is 0 Å². The maximum atomic E-state index is 8.58. The molecule has 0 saturated carbocycles. The van der Waals surface area contributed by atoms with E-state index in [0.717, 1.165) is 29.0 Å². The van der Waals surface area contributed by atoms with Crippen LogP contribution in [-0.2, 0) is 0 Å². The zero-order valence-corrected chi connectivity index (χ0v) is 11.8. The van der Waals surface area contributed by atoms with Crippen molar-refractivity contribution >= 4 is 0 Å². The molecule has 0 aliphatic carbocycles. The Balaban J connectivity index is 2.52. The van der Waals surface area contributed by atoms with E-state index in [2.05, 4.69) is 0 Å². The molecular weight excluding hydrogens is 240 g/mol. The number of benzene rings is 1. The van der Waals surface area contributed by atoms with Gasteiger partial charge in [0.15, 0.2) is 0 Å². The standard InChI is InChI=1S/C16H22O3/c1-13-11-15(18-3)12-14(2)16(13)19-10-8-6-4-5-7-9-17/h5-8,11-12,17H,4,9-10H2,1-3H3. The van der Waals surface area contributed by atoms with E-state index in [-0.39, 0.29) is 6.61 Å². The third-order valence-electron chi connectivity index (χ3n) is 2.70. The van der Waals surface area contributed by atoms with Gasteiger partial charge in [-0.2, -0.15) is 0 Å². The van der Waals surface area contributed by atoms with Gasteiger partial charge in [0, 0.05) is 0 Å². The van der Waals surface area contributed by atoms with Crippen molar-refractivity contribution in [3.63, 3.8) is 0 Å². The van der Waals surface area contributed by atoms with Crippen molar-refractivity contribution in [2.45, 2.75) is 20.3 Å². The second-order valence-electron chi connectivity index (χ2n) is 4.26. The minimum Gasteiger partial charge on any atom is -0.497 e. The van der Waals surface area contributed by atoms with Gasteiger partial charge in [-0.3, -0.25) is 0 Å².